The van der Waals surface area contributed by atoms with E-state index in [1.54, 1.807) is 20.8 Å². The molecule has 1 N–H and O–H groups in total. The fraction of sp³-hybridized carbons (Fsp3) is 0.455. The Balaban J connectivity index is 3.18. The molecule has 3 nitrogen and oxygen atoms in total. The van der Waals surface area contributed by atoms with Gasteiger partial charge in [-0.3, -0.25) is 0 Å². The molecule has 0 saturated carbocycles. The lowest BCUT2D eigenvalue weighted by Crippen LogP contribution is -2.21. The van der Waals surface area contributed by atoms with E-state index < -0.39 is 21.1 Å². The van der Waals surface area contributed by atoms with Gasteiger partial charge in [0.25, 0.3) is 0 Å². The van der Waals surface area contributed by atoms with Gasteiger partial charge in [0, 0.05) is 6.07 Å². The minimum atomic E-state index is -3.65. The predicted octanol–water partition coefficient (Wildman–Crippen LogP) is 2.35. The van der Waals surface area contributed by atoms with Crippen molar-refractivity contribution in [1.29, 1.82) is 0 Å². The van der Waals surface area contributed by atoms with Crippen molar-refractivity contribution in [3.63, 3.8) is 0 Å². The largest absolute Gasteiger partial charge is 0.508 e. The van der Waals surface area contributed by atoms with Crippen LogP contribution in [-0.4, -0.2) is 19.3 Å². The van der Waals surface area contributed by atoms with E-state index >= 15 is 0 Å². The Hall–Kier alpha value is -1.10. The number of phenolic OH excluding ortho intramolecular Hbond substituents is 1. The molecule has 5 heteroatoms. The molecule has 0 saturated heterocycles. The zero-order valence-electron chi connectivity index (χ0n) is 9.49. The Morgan fingerprint density at radius 2 is 1.88 bits per heavy atom. The van der Waals surface area contributed by atoms with E-state index in [2.05, 4.69) is 0 Å². The second-order valence-electron chi connectivity index (χ2n) is 4.93. The van der Waals surface area contributed by atoms with Crippen LogP contribution in [0.25, 0.3) is 0 Å². The molecule has 0 amide bonds. The van der Waals surface area contributed by atoms with Crippen molar-refractivity contribution in [2.45, 2.75) is 25.7 Å². The highest BCUT2D eigenvalue weighted by molar-refractivity contribution is 7.91. The van der Waals surface area contributed by atoms with Crippen LogP contribution >= 0.6 is 0 Å². The Morgan fingerprint density at radius 3 is 2.31 bits per heavy atom. The average molecular weight is 246 g/mol. The average Bonchev–Trinajstić information content (AvgIpc) is 1.97. The van der Waals surface area contributed by atoms with Crippen LogP contribution in [0.1, 0.15) is 20.8 Å². The number of sulfone groups is 1. The quantitative estimate of drug-likeness (QED) is 0.871. The summed E-state index contributed by atoms with van der Waals surface area (Å²) in [7, 11) is -3.65. The van der Waals surface area contributed by atoms with Crippen LogP contribution in [0.4, 0.5) is 4.39 Å². The van der Waals surface area contributed by atoms with Gasteiger partial charge in [-0.05, 0) is 17.5 Å². The first-order chi connectivity index (χ1) is 7.12. The monoisotopic (exact) mass is 246 g/mol. The molecule has 1 rings (SSSR count). The van der Waals surface area contributed by atoms with Crippen LogP contribution in [0.5, 0.6) is 5.75 Å². The van der Waals surface area contributed by atoms with Crippen LogP contribution < -0.4 is 0 Å². The molecule has 1 aromatic carbocycles. The summed E-state index contributed by atoms with van der Waals surface area (Å²) in [5.74, 6) is -1.33. The third kappa shape index (κ3) is 3.20. The number of phenols is 1. The van der Waals surface area contributed by atoms with Crippen molar-refractivity contribution in [1.82, 2.24) is 0 Å². The second-order valence-corrected chi connectivity index (χ2v) is 6.89. The summed E-state index contributed by atoms with van der Waals surface area (Å²) in [6.07, 6.45) is 0. The minimum absolute atomic E-state index is 0.137. The van der Waals surface area contributed by atoms with E-state index in [1.165, 1.54) is 6.07 Å². The van der Waals surface area contributed by atoms with Gasteiger partial charge in [-0.2, -0.15) is 0 Å². The predicted molar refractivity (Wildman–Crippen MR) is 59.6 cm³/mol. The number of hydrogen-bond donors (Lipinski definition) is 1. The molecule has 0 bridgehead atoms. The van der Waals surface area contributed by atoms with Crippen LogP contribution in [0.3, 0.4) is 0 Å². The lowest BCUT2D eigenvalue weighted by Gasteiger charge is -2.18. The molecule has 0 aliphatic rings. The maximum Gasteiger partial charge on any atom is 0.181 e. The van der Waals surface area contributed by atoms with Crippen molar-refractivity contribution < 1.29 is 17.9 Å². The summed E-state index contributed by atoms with van der Waals surface area (Å²) < 4.78 is 37.1. The van der Waals surface area contributed by atoms with Crippen LogP contribution in [-0.2, 0) is 9.84 Å². The molecule has 0 spiro atoms. The first-order valence-electron chi connectivity index (χ1n) is 4.83. The smallest absolute Gasteiger partial charge is 0.181 e. The van der Waals surface area contributed by atoms with Crippen molar-refractivity contribution in [2.24, 2.45) is 5.41 Å². The maximum absolute atomic E-state index is 13.4. The Labute approximate surface area is 94.8 Å². The van der Waals surface area contributed by atoms with Gasteiger partial charge in [-0.1, -0.05) is 20.8 Å². The van der Waals surface area contributed by atoms with Crippen LogP contribution in [0.2, 0.25) is 0 Å². The highest BCUT2D eigenvalue weighted by atomic mass is 32.2. The van der Waals surface area contributed by atoms with Gasteiger partial charge in [0.2, 0.25) is 0 Å². The van der Waals surface area contributed by atoms with E-state index in [-0.39, 0.29) is 16.4 Å². The first-order valence-corrected chi connectivity index (χ1v) is 6.48. The molecule has 0 atom stereocenters. The van der Waals surface area contributed by atoms with Gasteiger partial charge in [0.1, 0.15) is 16.5 Å². The van der Waals surface area contributed by atoms with E-state index in [0.717, 1.165) is 12.1 Å². The van der Waals surface area contributed by atoms with Gasteiger partial charge >= 0.3 is 0 Å². The molecular weight excluding hydrogens is 231 g/mol. The molecule has 0 aromatic heterocycles. The Morgan fingerprint density at radius 1 is 1.31 bits per heavy atom. The van der Waals surface area contributed by atoms with Gasteiger partial charge in [0.15, 0.2) is 9.84 Å². The SMILES string of the molecule is CC(C)(C)CS(=O)(=O)c1ccc(O)cc1F. The lowest BCUT2D eigenvalue weighted by molar-refractivity contribution is 0.456. The summed E-state index contributed by atoms with van der Waals surface area (Å²) in [5, 5.41) is 9.00. The number of rotatable bonds is 2. The molecule has 90 valence electrons. The van der Waals surface area contributed by atoms with Gasteiger partial charge < -0.3 is 5.11 Å². The molecule has 0 unspecified atom stereocenters. The summed E-state index contributed by atoms with van der Waals surface area (Å²) >= 11 is 0. The molecule has 1 aromatic rings. The Bertz CT molecular complexity index is 486. The van der Waals surface area contributed by atoms with E-state index in [9.17, 15) is 12.8 Å². The second kappa shape index (κ2) is 4.05. The van der Waals surface area contributed by atoms with Gasteiger partial charge in [-0.25, -0.2) is 12.8 Å². The van der Waals surface area contributed by atoms with E-state index in [1.807, 2.05) is 0 Å². The highest BCUT2D eigenvalue weighted by Crippen LogP contribution is 2.25. The van der Waals surface area contributed by atoms with Crippen molar-refractivity contribution in [2.75, 3.05) is 5.75 Å². The standard InChI is InChI=1S/C11H15FO3S/c1-11(2,3)7-16(14,15)10-5-4-8(13)6-9(10)12/h4-6,13H,7H2,1-3H3. The third-order valence-electron chi connectivity index (χ3n) is 1.87. The first kappa shape index (κ1) is 13.0. The molecule has 0 fully saturated rings. The maximum atomic E-state index is 13.4. The summed E-state index contributed by atoms with van der Waals surface area (Å²) in [6.45, 7) is 5.30. The zero-order chi connectivity index (χ0) is 12.6. The number of benzene rings is 1. The lowest BCUT2D eigenvalue weighted by atomic mass is 10.0. The topological polar surface area (TPSA) is 54.4 Å². The Kier molecular flexibility index (Phi) is 3.28. The minimum Gasteiger partial charge on any atom is -0.508 e. The summed E-state index contributed by atoms with van der Waals surface area (Å²) in [4.78, 5) is -0.361. The van der Waals surface area contributed by atoms with Crippen LogP contribution in [0, 0.1) is 11.2 Å². The fourth-order valence-corrected chi connectivity index (χ4v) is 3.32. The van der Waals surface area contributed by atoms with Crippen LogP contribution in [0.15, 0.2) is 23.1 Å². The normalized spacial score (nSPS) is 12.8. The number of halogens is 1. The van der Waals surface area contributed by atoms with Gasteiger partial charge in [0.05, 0.1) is 5.75 Å². The molecule has 0 heterocycles. The third-order valence-corrected chi connectivity index (χ3v) is 4.12. The van der Waals surface area contributed by atoms with E-state index in [4.69, 9.17) is 5.11 Å². The molecule has 16 heavy (non-hydrogen) atoms. The summed E-state index contributed by atoms with van der Waals surface area (Å²) in [5.41, 5.74) is -0.441. The number of hydrogen-bond acceptors (Lipinski definition) is 3. The zero-order valence-corrected chi connectivity index (χ0v) is 10.3. The number of aromatic hydroxyl groups is 1. The van der Waals surface area contributed by atoms with Gasteiger partial charge in [-0.15, -0.1) is 0 Å². The van der Waals surface area contributed by atoms with Crippen molar-refractivity contribution >= 4 is 9.84 Å². The van der Waals surface area contributed by atoms with Crippen molar-refractivity contribution in [3.8, 4) is 5.75 Å². The molecule has 0 aliphatic heterocycles. The molecule has 0 aliphatic carbocycles. The molecular formula is C11H15FO3S. The summed E-state index contributed by atoms with van der Waals surface area (Å²) in [6, 6.07) is 3.06. The fourth-order valence-electron chi connectivity index (χ4n) is 1.39. The van der Waals surface area contributed by atoms with E-state index in [0.29, 0.717) is 0 Å². The van der Waals surface area contributed by atoms with Crippen molar-refractivity contribution in [3.05, 3.63) is 24.0 Å². The molecule has 0 radical (unpaired) electrons. The highest BCUT2D eigenvalue weighted by Gasteiger charge is 2.26.